The van der Waals surface area contributed by atoms with E-state index in [1.54, 1.807) is 6.92 Å². The fourth-order valence-corrected chi connectivity index (χ4v) is 2.82. The van der Waals surface area contributed by atoms with E-state index in [-0.39, 0.29) is 17.1 Å². The number of pyridine rings is 1. The van der Waals surface area contributed by atoms with Crippen molar-refractivity contribution in [1.29, 1.82) is 0 Å². The summed E-state index contributed by atoms with van der Waals surface area (Å²) in [6.45, 7) is 3.98. The molecule has 0 N–H and O–H groups in total. The molecule has 0 aromatic carbocycles. The maximum absolute atomic E-state index is 12.9. The minimum atomic E-state index is -2.64. The van der Waals surface area contributed by atoms with Crippen molar-refractivity contribution in [1.82, 2.24) is 18.9 Å². The van der Waals surface area contributed by atoms with Gasteiger partial charge in [-0.15, -0.1) is 0 Å². The minimum absolute atomic E-state index is 0.121. The molecule has 2 aromatic rings. The number of hydrogen-bond donors (Lipinski definition) is 0. The third-order valence-corrected chi connectivity index (χ3v) is 3.97. The molecule has 118 valence electrons. The number of fused-ring (bicyclic) bond motifs is 1. The standard InChI is InChI=1S/C14H16F2N4O2/c1-8-7-10(11(15)16)9(2)17-12(8)20-13(21)18-5-3-4-6-19(18)14(20)22/h7,11H,3-6H2,1-2H3. The van der Waals surface area contributed by atoms with Crippen LogP contribution in [0.25, 0.3) is 5.82 Å². The molecule has 0 aliphatic carbocycles. The maximum atomic E-state index is 12.9. The minimum Gasteiger partial charge on any atom is -0.245 e. The predicted molar refractivity (Wildman–Crippen MR) is 75.7 cm³/mol. The van der Waals surface area contributed by atoms with Gasteiger partial charge in [0.2, 0.25) is 0 Å². The van der Waals surface area contributed by atoms with Crippen LogP contribution in [0.1, 0.15) is 36.1 Å². The molecule has 0 fully saturated rings. The van der Waals surface area contributed by atoms with Crippen molar-refractivity contribution in [3.8, 4) is 5.82 Å². The molecule has 0 saturated carbocycles. The lowest BCUT2D eigenvalue weighted by Gasteiger charge is -2.13. The molecule has 0 atom stereocenters. The SMILES string of the molecule is Cc1cc(C(F)F)c(C)nc1-n1c(=O)n2n(c1=O)CCCC2. The van der Waals surface area contributed by atoms with Crippen LogP contribution in [0.15, 0.2) is 15.7 Å². The van der Waals surface area contributed by atoms with Crippen LogP contribution in [-0.2, 0) is 13.1 Å². The zero-order chi connectivity index (χ0) is 16.0. The molecule has 1 aliphatic heterocycles. The molecule has 0 radical (unpaired) electrons. The molecule has 22 heavy (non-hydrogen) atoms. The Labute approximate surface area is 124 Å². The number of halogens is 2. The van der Waals surface area contributed by atoms with Crippen molar-refractivity contribution < 1.29 is 8.78 Å². The molecule has 0 bridgehead atoms. The first-order valence-corrected chi connectivity index (χ1v) is 7.11. The van der Waals surface area contributed by atoms with Crippen LogP contribution < -0.4 is 11.4 Å². The summed E-state index contributed by atoms with van der Waals surface area (Å²) in [5.74, 6) is 0.131. The summed E-state index contributed by atoms with van der Waals surface area (Å²) >= 11 is 0. The highest BCUT2D eigenvalue weighted by molar-refractivity contribution is 5.38. The molecule has 1 aliphatic rings. The van der Waals surface area contributed by atoms with Crippen LogP contribution in [0.3, 0.4) is 0 Å². The average Bonchev–Trinajstić information content (AvgIpc) is 2.73. The Morgan fingerprint density at radius 2 is 1.64 bits per heavy atom. The van der Waals surface area contributed by atoms with Gasteiger partial charge >= 0.3 is 11.4 Å². The van der Waals surface area contributed by atoms with Gasteiger partial charge in [0, 0.05) is 24.3 Å². The molecule has 0 saturated heterocycles. The summed E-state index contributed by atoms with van der Waals surface area (Å²) < 4.78 is 29.6. The van der Waals surface area contributed by atoms with Crippen LogP contribution in [0.2, 0.25) is 0 Å². The van der Waals surface area contributed by atoms with Crippen molar-refractivity contribution >= 4 is 0 Å². The Morgan fingerprint density at radius 1 is 1.09 bits per heavy atom. The number of aromatic nitrogens is 4. The highest BCUT2D eigenvalue weighted by Crippen LogP contribution is 2.24. The quantitative estimate of drug-likeness (QED) is 0.845. The lowest BCUT2D eigenvalue weighted by atomic mass is 10.1. The Morgan fingerprint density at radius 3 is 2.14 bits per heavy atom. The van der Waals surface area contributed by atoms with Gasteiger partial charge in [0.1, 0.15) is 5.82 Å². The number of nitrogens with zero attached hydrogens (tertiary/aromatic N) is 4. The maximum Gasteiger partial charge on any atom is 0.353 e. The second kappa shape index (κ2) is 5.19. The van der Waals surface area contributed by atoms with Crippen LogP contribution in [0.4, 0.5) is 8.78 Å². The molecule has 3 rings (SSSR count). The van der Waals surface area contributed by atoms with E-state index in [9.17, 15) is 18.4 Å². The normalized spacial score (nSPS) is 14.4. The molecule has 3 heterocycles. The van der Waals surface area contributed by atoms with Gasteiger partial charge in [0.15, 0.2) is 0 Å². The molecule has 8 heteroatoms. The topological polar surface area (TPSA) is 61.8 Å². The number of hydrogen-bond acceptors (Lipinski definition) is 3. The molecule has 2 aromatic heterocycles. The highest BCUT2D eigenvalue weighted by Gasteiger charge is 2.23. The van der Waals surface area contributed by atoms with Gasteiger partial charge in [0.05, 0.1) is 0 Å². The Kier molecular flexibility index (Phi) is 3.46. The van der Waals surface area contributed by atoms with Crippen molar-refractivity contribution in [2.45, 2.75) is 46.2 Å². The molecule has 0 amide bonds. The number of alkyl halides is 2. The number of aryl methyl sites for hydroxylation is 2. The summed E-state index contributed by atoms with van der Waals surface area (Å²) in [4.78, 5) is 29.0. The summed E-state index contributed by atoms with van der Waals surface area (Å²) in [7, 11) is 0. The largest absolute Gasteiger partial charge is 0.353 e. The summed E-state index contributed by atoms with van der Waals surface area (Å²) in [5, 5.41) is 0. The van der Waals surface area contributed by atoms with E-state index >= 15 is 0 Å². The zero-order valence-corrected chi connectivity index (χ0v) is 12.3. The fraction of sp³-hybridized carbons (Fsp3) is 0.500. The third kappa shape index (κ3) is 2.10. The number of rotatable bonds is 2. The van der Waals surface area contributed by atoms with Crippen molar-refractivity contribution in [3.05, 3.63) is 43.9 Å². The van der Waals surface area contributed by atoms with Crippen molar-refractivity contribution in [2.75, 3.05) is 0 Å². The van der Waals surface area contributed by atoms with Crippen LogP contribution in [0.5, 0.6) is 0 Å². The van der Waals surface area contributed by atoms with Crippen molar-refractivity contribution in [3.63, 3.8) is 0 Å². The van der Waals surface area contributed by atoms with Gasteiger partial charge in [-0.25, -0.2) is 32.7 Å². The third-order valence-electron chi connectivity index (χ3n) is 3.97. The second-order valence-electron chi connectivity index (χ2n) is 5.46. The van der Waals surface area contributed by atoms with Gasteiger partial charge in [-0.1, -0.05) is 0 Å². The lowest BCUT2D eigenvalue weighted by Crippen LogP contribution is -2.30. The van der Waals surface area contributed by atoms with Gasteiger partial charge < -0.3 is 0 Å². The highest BCUT2D eigenvalue weighted by atomic mass is 19.3. The van der Waals surface area contributed by atoms with E-state index in [1.807, 2.05) is 0 Å². The Bertz CT molecular complexity index is 810. The van der Waals surface area contributed by atoms with Gasteiger partial charge in [-0.2, -0.15) is 4.57 Å². The Balaban J connectivity index is 2.25. The van der Waals surface area contributed by atoms with E-state index in [0.717, 1.165) is 17.4 Å². The average molecular weight is 310 g/mol. The van der Waals surface area contributed by atoms with Crippen molar-refractivity contribution in [2.24, 2.45) is 0 Å². The monoisotopic (exact) mass is 310 g/mol. The fourth-order valence-electron chi connectivity index (χ4n) is 2.82. The lowest BCUT2D eigenvalue weighted by molar-refractivity contribution is 0.150. The van der Waals surface area contributed by atoms with E-state index in [4.69, 9.17) is 0 Å². The zero-order valence-electron chi connectivity index (χ0n) is 12.3. The molecular weight excluding hydrogens is 294 g/mol. The molecular formula is C14H16F2N4O2. The van der Waals surface area contributed by atoms with E-state index < -0.39 is 17.8 Å². The van der Waals surface area contributed by atoms with Gasteiger partial charge in [0.25, 0.3) is 6.43 Å². The van der Waals surface area contributed by atoms with E-state index in [1.165, 1.54) is 22.4 Å². The van der Waals surface area contributed by atoms with E-state index in [0.29, 0.717) is 18.7 Å². The first-order chi connectivity index (χ1) is 10.4. The van der Waals surface area contributed by atoms with Crippen LogP contribution >= 0.6 is 0 Å². The van der Waals surface area contributed by atoms with E-state index in [2.05, 4.69) is 4.98 Å². The van der Waals surface area contributed by atoms with Gasteiger partial charge in [-0.05, 0) is 38.3 Å². The predicted octanol–water partition coefficient (Wildman–Crippen LogP) is 1.54. The summed E-state index contributed by atoms with van der Waals surface area (Å²) in [6.07, 6.45) is -0.974. The molecule has 0 unspecified atom stereocenters. The molecule has 6 nitrogen and oxygen atoms in total. The summed E-state index contributed by atoms with van der Waals surface area (Å²) in [5.41, 5.74) is -0.618. The molecule has 0 spiro atoms. The van der Waals surface area contributed by atoms with Gasteiger partial charge in [-0.3, -0.25) is 0 Å². The van der Waals surface area contributed by atoms with Crippen LogP contribution in [-0.4, -0.2) is 18.9 Å². The summed E-state index contributed by atoms with van der Waals surface area (Å²) in [6, 6.07) is 1.29. The van der Waals surface area contributed by atoms with Crippen LogP contribution in [0, 0.1) is 13.8 Å². The second-order valence-corrected chi connectivity index (χ2v) is 5.46. The smallest absolute Gasteiger partial charge is 0.245 e. The Hall–Kier alpha value is -2.25. The first-order valence-electron chi connectivity index (χ1n) is 7.11. The first kappa shape index (κ1) is 14.7.